The Labute approximate surface area is 179 Å². The van der Waals surface area contributed by atoms with E-state index in [0.29, 0.717) is 0 Å². The van der Waals surface area contributed by atoms with E-state index in [-0.39, 0.29) is 0 Å². The van der Waals surface area contributed by atoms with Crippen molar-refractivity contribution in [3.8, 4) is 22.4 Å². The molecule has 0 amide bonds. The van der Waals surface area contributed by atoms with Crippen molar-refractivity contribution < 1.29 is 0 Å². The van der Waals surface area contributed by atoms with E-state index in [1.54, 1.807) is 0 Å². The molecule has 3 aromatic carbocycles. The third-order valence-corrected chi connectivity index (χ3v) is 5.91. The molecule has 0 spiro atoms. The first-order chi connectivity index (χ1) is 15.2. The lowest BCUT2D eigenvalue weighted by atomic mass is 9.98. The maximum atomic E-state index is 4.86. The number of pyridine rings is 2. The van der Waals surface area contributed by atoms with Gasteiger partial charge >= 0.3 is 0 Å². The van der Waals surface area contributed by atoms with Gasteiger partial charge in [-0.3, -0.25) is 14.6 Å². The molecule has 6 rings (SSSR count). The quantitative estimate of drug-likeness (QED) is 0.342. The number of benzene rings is 3. The summed E-state index contributed by atoms with van der Waals surface area (Å²) in [5.41, 5.74) is 8.62. The maximum Gasteiger partial charge on any atom is 0.101 e. The molecule has 0 radical (unpaired) electrons. The van der Waals surface area contributed by atoms with Crippen molar-refractivity contribution in [2.24, 2.45) is 7.05 Å². The summed E-state index contributed by atoms with van der Waals surface area (Å²) in [4.78, 5) is 9.23. The minimum absolute atomic E-state index is 0.970. The molecule has 0 saturated carbocycles. The highest BCUT2D eigenvalue weighted by molar-refractivity contribution is 6.12. The highest BCUT2D eigenvalue weighted by atomic mass is 15.3. The molecule has 0 unspecified atom stereocenters. The Morgan fingerprint density at radius 1 is 0.742 bits per heavy atom. The minimum Gasteiger partial charge on any atom is -0.266 e. The van der Waals surface area contributed by atoms with Crippen LogP contribution in [0.1, 0.15) is 5.56 Å². The first-order valence-electron chi connectivity index (χ1n) is 10.3. The fourth-order valence-electron chi connectivity index (χ4n) is 4.35. The predicted octanol–water partition coefficient (Wildman–Crippen LogP) is 6.31. The van der Waals surface area contributed by atoms with E-state index in [9.17, 15) is 0 Å². The highest BCUT2D eigenvalue weighted by Crippen LogP contribution is 2.35. The van der Waals surface area contributed by atoms with Crippen molar-refractivity contribution >= 4 is 32.7 Å². The van der Waals surface area contributed by atoms with Crippen molar-refractivity contribution in [3.05, 3.63) is 90.8 Å². The molecule has 0 atom stereocenters. The zero-order valence-corrected chi connectivity index (χ0v) is 17.4. The summed E-state index contributed by atoms with van der Waals surface area (Å²) in [5, 5.41) is 8.25. The largest absolute Gasteiger partial charge is 0.266 e. The second-order valence-corrected chi connectivity index (χ2v) is 8.00. The van der Waals surface area contributed by atoms with Gasteiger partial charge in [0.1, 0.15) is 5.69 Å². The average molecular weight is 400 g/mol. The van der Waals surface area contributed by atoms with E-state index in [4.69, 9.17) is 10.1 Å². The lowest BCUT2D eigenvalue weighted by Gasteiger charge is -2.07. The summed E-state index contributed by atoms with van der Waals surface area (Å²) in [7, 11) is 1.98. The number of hydrogen-bond acceptors (Lipinski definition) is 3. The predicted molar refractivity (Wildman–Crippen MR) is 127 cm³/mol. The summed E-state index contributed by atoms with van der Waals surface area (Å²) >= 11 is 0. The molecular formula is C27H20N4. The molecule has 148 valence electrons. The van der Waals surface area contributed by atoms with Gasteiger partial charge in [-0.25, -0.2) is 0 Å². The fourth-order valence-corrected chi connectivity index (χ4v) is 4.35. The number of fused-ring (bicyclic) bond motifs is 4. The minimum atomic E-state index is 0.970. The van der Waals surface area contributed by atoms with Crippen LogP contribution in [0.4, 0.5) is 0 Å². The SMILES string of the molecule is Cc1cccc(-c2nn(C)c3cnc4ccc(-c5ccc6cccnc6c5)cc4c23)c1. The Kier molecular flexibility index (Phi) is 3.87. The Hall–Kier alpha value is -4.05. The highest BCUT2D eigenvalue weighted by Gasteiger charge is 2.15. The monoisotopic (exact) mass is 400 g/mol. The summed E-state index contributed by atoms with van der Waals surface area (Å²) in [5.74, 6) is 0. The third-order valence-electron chi connectivity index (χ3n) is 5.91. The van der Waals surface area contributed by atoms with Crippen molar-refractivity contribution in [2.45, 2.75) is 6.92 Å². The molecule has 3 aromatic heterocycles. The number of aryl methyl sites for hydroxylation is 2. The summed E-state index contributed by atoms with van der Waals surface area (Å²) in [6, 6.07) is 25.5. The van der Waals surface area contributed by atoms with Crippen LogP contribution in [-0.4, -0.2) is 19.7 Å². The van der Waals surface area contributed by atoms with Crippen molar-refractivity contribution in [3.63, 3.8) is 0 Å². The lowest BCUT2D eigenvalue weighted by molar-refractivity contribution is 0.799. The smallest absolute Gasteiger partial charge is 0.101 e. The Balaban J connectivity index is 1.63. The van der Waals surface area contributed by atoms with Gasteiger partial charge in [-0.05, 0) is 48.4 Å². The van der Waals surface area contributed by atoms with Gasteiger partial charge in [0.2, 0.25) is 0 Å². The fraction of sp³-hybridized carbons (Fsp3) is 0.0741. The van der Waals surface area contributed by atoms with E-state index < -0.39 is 0 Å². The van der Waals surface area contributed by atoms with Crippen molar-refractivity contribution in [1.29, 1.82) is 0 Å². The van der Waals surface area contributed by atoms with Crippen molar-refractivity contribution in [2.75, 3.05) is 0 Å². The lowest BCUT2D eigenvalue weighted by Crippen LogP contribution is -1.90. The van der Waals surface area contributed by atoms with Crippen LogP contribution in [0, 0.1) is 6.92 Å². The zero-order chi connectivity index (χ0) is 20.9. The second-order valence-electron chi connectivity index (χ2n) is 8.00. The second kappa shape index (κ2) is 6.74. The van der Waals surface area contributed by atoms with Gasteiger partial charge in [0, 0.05) is 35.0 Å². The van der Waals surface area contributed by atoms with Gasteiger partial charge in [0.15, 0.2) is 0 Å². The van der Waals surface area contributed by atoms with E-state index >= 15 is 0 Å². The van der Waals surface area contributed by atoms with Crippen LogP contribution >= 0.6 is 0 Å². The van der Waals surface area contributed by atoms with Gasteiger partial charge in [-0.2, -0.15) is 5.10 Å². The van der Waals surface area contributed by atoms with Crippen LogP contribution in [0.25, 0.3) is 55.1 Å². The average Bonchev–Trinajstić information content (AvgIpc) is 3.15. The Morgan fingerprint density at radius 3 is 2.52 bits per heavy atom. The molecule has 4 nitrogen and oxygen atoms in total. The molecule has 0 N–H and O–H groups in total. The zero-order valence-electron chi connectivity index (χ0n) is 17.4. The van der Waals surface area contributed by atoms with E-state index in [1.807, 2.05) is 30.2 Å². The molecule has 4 heteroatoms. The van der Waals surface area contributed by atoms with E-state index in [2.05, 4.69) is 78.6 Å². The van der Waals surface area contributed by atoms with Crippen LogP contribution in [0.15, 0.2) is 85.2 Å². The molecule has 0 aliphatic rings. The summed E-state index contributed by atoms with van der Waals surface area (Å²) in [6.07, 6.45) is 3.76. The van der Waals surface area contributed by atoms with Crippen molar-refractivity contribution in [1.82, 2.24) is 19.7 Å². The third kappa shape index (κ3) is 2.88. The topological polar surface area (TPSA) is 43.6 Å². The summed E-state index contributed by atoms with van der Waals surface area (Å²) in [6.45, 7) is 2.11. The van der Waals surface area contributed by atoms with Gasteiger partial charge in [-0.1, -0.05) is 48.0 Å². The molecule has 0 bridgehead atoms. The van der Waals surface area contributed by atoms with Gasteiger partial charge in [0.05, 0.1) is 22.7 Å². The standard InChI is InChI=1S/C27H20N4/c1-17-5-3-6-21(13-17)27-26-22-14-19(10-11-23(22)29-16-25(26)31(2)30-27)20-9-8-18-7-4-12-28-24(18)15-20/h3-16H,1-2H3. The van der Waals surface area contributed by atoms with Gasteiger partial charge in [-0.15, -0.1) is 0 Å². The first kappa shape index (κ1) is 17.8. The number of hydrogen-bond donors (Lipinski definition) is 0. The van der Waals surface area contributed by atoms with Crippen LogP contribution in [0.5, 0.6) is 0 Å². The number of nitrogens with zero attached hydrogens (tertiary/aromatic N) is 4. The molecular weight excluding hydrogens is 380 g/mol. The van der Waals surface area contributed by atoms with Crippen LogP contribution in [0.3, 0.4) is 0 Å². The van der Waals surface area contributed by atoms with Crippen LogP contribution in [-0.2, 0) is 7.05 Å². The maximum absolute atomic E-state index is 4.86. The number of rotatable bonds is 2. The van der Waals surface area contributed by atoms with E-state index in [1.165, 1.54) is 5.56 Å². The molecule has 0 fully saturated rings. The molecule has 31 heavy (non-hydrogen) atoms. The molecule has 0 aliphatic heterocycles. The van der Waals surface area contributed by atoms with E-state index in [0.717, 1.165) is 55.1 Å². The Morgan fingerprint density at radius 2 is 1.61 bits per heavy atom. The molecule has 0 aliphatic carbocycles. The van der Waals surface area contributed by atoms with Crippen LogP contribution < -0.4 is 0 Å². The summed E-state index contributed by atoms with van der Waals surface area (Å²) < 4.78 is 1.92. The van der Waals surface area contributed by atoms with Crippen LogP contribution in [0.2, 0.25) is 0 Å². The number of aromatic nitrogens is 4. The Bertz CT molecular complexity index is 1610. The molecule has 3 heterocycles. The first-order valence-corrected chi connectivity index (χ1v) is 10.3. The van der Waals surface area contributed by atoms with Gasteiger partial charge < -0.3 is 0 Å². The molecule has 6 aromatic rings. The normalized spacial score (nSPS) is 11.5. The molecule has 0 saturated heterocycles. The van der Waals surface area contributed by atoms with Gasteiger partial charge in [0.25, 0.3) is 0 Å².